The molecule has 0 bridgehead atoms. The Bertz CT molecular complexity index is 582. The van der Waals surface area contributed by atoms with Crippen LogP contribution in [0.2, 0.25) is 0 Å². The van der Waals surface area contributed by atoms with E-state index in [1.165, 1.54) is 17.7 Å². The molecule has 0 aromatic carbocycles. The number of esters is 1. The third-order valence-electron chi connectivity index (χ3n) is 2.46. The highest BCUT2D eigenvalue weighted by Crippen LogP contribution is 2.32. The smallest absolute Gasteiger partial charge is 0.348 e. The molecule has 2 aromatic rings. The Morgan fingerprint density at radius 1 is 1.44 bits per heavy atom. The topological polar surface area (TPSA) is 87.3 Å². The minimum atomic E-state index is -0.382. The summed E-state index contributed by atoms with van der Waals surface area (Å²) in [5.74, 6) is -0.00311. The van der Waals surface area contributed by atoms with E-state index in [-0.39, 0.29) is 12.6 Å². The molecule has 0 saturated heterocycles. The van der Waals surface area contributed by atoms with Gasteiger partial charge in [0.25, 0.3) is 0 Å². The standard InChI is InChI=1S/C11H13N3O3S/c1-6-7-9(12)13-5-14-10(7)18-8(6)11(15)17-4-3-16-2/h5H,3-4H2,1-2H3,(H2,12,13,14). The summed E-state index contributed by atoms with van der Waals surface area (Å²) in [7, 11) is 1.55. The number of aromatic nitrogens is 2. The first-order valence-corrected chi connectivity index (χ1v) is 6.12. The molecular weight excluding hydrogens is 254 g/mol. The lowest BCUT2D eigenvalue weighted by atomic mass is 10.2. The third kappa shape index (κ3) is 2.27. The van der Waals surface area contributed by atoms with Gasteiger partial charge in [-0.1, -0.05) is 0 Å². The number of ether oxygens (including phenoxy) is 2. The summed E-state index contributed by atoms with van der Waals surface area (Å²) in [6.45, 7) is 2.41. The first-order valence-electron chi connectivity index (χ1n) is 5.30. The van der Waals surface area contributed by atoms with Crippen LogP contribution in [-0.4, -0.2) is 36.3 Å². The van der Waals surface area contributed by atoms with Crippen LogP contribution in [0.15, 0.2) is 6.33 Å². The van der Waals surface area contributed by atoms with Crippen molar-refractivity contribution in [2.45, 2.75) is 6.92 Å². The molecule has 0 aliphatic rings. The van der Waals surface area contributed by atoms with E-state index in [1.807, 2.05) is 6.92 Å². The van der Waals surface area contributed by atoms with Gasteiger partial charge in [-0.3, -0.25) is 0 Å². The molecule has 2 heterocycles. The number of nitrogens with zero attached hydrogens (tertiary/aromatic N) is 2. The molecule has 7 heteroatoms. The number of carbonyl (C=O) groups is 1. The second kappa shape index (κ2) is 5.28. The molecule has 0 aliphatic heterocycles. The van der Waals surface area contributed by atoms with Gasteiger partial charge in [0.15, 0.2) is 0 Å². The van der Waals surface area contributed by atoms with Gasteiger partial charge in [0, 0.05) is 7.11 Å². The number of nitrogen functional groups attached to an aromatic ring is 1. The summed E-state index contributed by atoms with van der Waals surface area (Å²) in [6.07, 6.45) is 1.38. The van der Waals surface area contributed by atoms with E-state index in [0.717, 1.165) is 10.9 Å². The van der Waals surface area contributed by atoms with Gasteiger partial charge >= 0.3 is 5.97 Å². The number of anilines is 1. The van der Waals surface area contributed by atoms with Crippen LogP contribution in [-0.2, 0) is 9.47 Å². The van der Waals surface area contributed by atoms with Crippen LogP contribution < -0.4 is 5.73 Å². The van der Waals surface area contributed by atoms with Gasteiger partial charge in [-0.05, 0) is 12.5 Å². The summed E-state index contributed by atoms with van der Waals surface area (Å²) < 4.78 is 9.90. The number of hydrogen-bond acceptors (Lipinski definition) is 7. The maximum atomic E-state index is 11.9. The Morgan fingerprint density at radius 3 is 2.89 bits per heavy atom. The largest absolute Gasteiger partial charge is 0.459 e. The van der Waals surface area contributed by atoms with Crippen molar-refractivity contribution >= 4 is 33.3 Å². The van der Waals surface area contributed by atoms with Crippen molar-refractivity contribution in [2.24, 2.45) is 0 Å². The van der Waals surface area contributed by atoms with Gasteiger partial charge < -0.3 is 15.2 Å². The van der Waals surface area contributed by atoms with Gasteiger partial charge in [0.2, 0.25) is 0 Å². The van der Waals surface area contributed by atoms with Gasteiger partial charge in [-0.2, -0.15) is 0 Å². The van der Waals surface area contributed by atoms with Crippen LogP contribution in [0.3, 0.4) is 0 Å². The number of carbonyl (C=O) groups excluding carboxylic acids is 1. The summed E-state index contributed by atoms with van der Waals surface area (Å²) in [4.78, 5) is 21.1. The minimum absolute atomic E-state index is 0.226. The van der Waals surface area contributed by atoms with Crippen LogP contribution in [0.4, 0.5) is 5.82 Å². The highest BCUT2D eigenvalue weighted by Gasteiger charge is 2.19. The maximum Gasteiger partial charge on any atom is 0.348 e. The minimum Gasteiger partial charge on any atom is -0.459 e. The van der Waals surface area contributed by atoms with E-state index in [4.69, 9.17) is 15.2 Å². The van der Waals surface area contributed by atoms with Crippen molar-refractivity contribution in [2.75, 3.05) is 26.1 Å². The lowest BCUT2D eigenvalue weighted by Crippen LogP contribution is -2.09. The quantitative estimate of drug-likeness (QED) is 0.665. The zero-order valence-corrected chi connectivity index (χ0v) is 10.9. The van der Waals surface area contributed by atoms with E-state index >= 15 is 0 Å². The molecule has 18 heavy (non-hydrogen) atoms. The van der Waals surface area contributed by atoms with Crippen molar-refractivity contribution in [3.63, 3.8) is 0 Å². The van der Waals surface area contributed by atoms with Crippen LogP contribution >= 0.6 is 11.3 Å². The van der Waals surface area contributed by atoms with E-state index in [2.05, 4.69) is 9.97 Å². The molecule has 2 N–H and O–H groups in total. The number of methoxy groups -OCH3 is 1. The number of rotatable bonds is 4. The SMILES string of the molecule is COCCOC(=O)c1sc2ncnc(N)c2c1C. The summed E-state index contributed by atoms with van der Waals surface area (Å²) in [6, 6.07) is 0. The van der Waals surface area contributed by atoms with Crippen molar-refractivity contribution in [1.82, 2.24) is 9.97 Å². The molecule has 0 amide bonds. The predicted octanol–water partition coefficient (Wildman–Crippen LogP) is 1.39. The average molecular weight is 267 g/mol. The molecule has 0 saturated carbocycles. The molecule has 0 atom stereocenters. The van der Waals surface area contributed by atoms with Crippen molar-refractivity contribution in [3.8, 4) is 0 Å². The molecule has 0 fully saturated rings. The van der Waals surface area contributed by atoms with Crippen molar-refractivity contribution in [3.05, 3.63) is 16.8 Å². The maximum absolute atomic E-state index is 11.9. The van der Waals surface area contributed by atoms with Crippen molar-refractivity contribution in [1.29, 1.82) is 0 Å². The first-order chi connectivity index (χ1) is 8.65. The normalized spacial score (nSPS) is 10.8. The summed E-state index contributed by atoms with van der Waals surface area (Å²) in [5.41, 5.74) is 6.54. The molecule has 0 radical (unpaired) electrons. The average Bonchev–Trinajstić information content (AvgIpc) is 2.68. The Kier molecular flexibility index (Phi) is 3.73. The molecule has 96 valence electrons. The molecule has 2 rings (SSSR count). The number of nitrogens with two attached hydrogens (primary N) is 1. The fourth-order valence-corrected chi connectivity index (χ4v) is 2.63. The van der Waals surface area contributed by atoms with Gasteiger partial charge in [-0.15, -0.1) is 11.3 Å². The second-order valence-electron chi connectivity index (χ2n) is 3.62. The predicted molar refractivity (Wildman–Crippen MR) is 68.7 cm³/mol. The molecule has 0 spiro atoms. The monoisotopic (exact) mass is 267 g/mol. The summed E-state index contributed by atoms with van der Waals surface area (Å²) in [5, 5.41) is 0.723. The highest BCUT2D eigenvalue weighted by atomic mass is 32.1. The Morgan fingerprint density at radius 2 is 2.22 bits per heavy atom. The Hall–Kier alpha value is -1.73. The zero-order valence-electron chi connectivity index (χ0n) is 10.1. The number of aryl methyl sites for hydroxylation is 1. The number of fused-ring (bicyclic) bond motifs is 1. The number of thiophene rings is 1. The van der Waals surface area contributed by atoms with Gasteiger partial charge in [0.05, 0.1) is 12.0 Å². The second-order valence-corrected chi connectivity index (χ2v) is 4.62. The summed E-state index contributed by atoms with van der Waals surface area (Å²) >= 11 is 1.26. The molecule has 0 unspecified atom stereocenters. The molecule has 0 aliphatic carbocycles. The van der Waals surface area contributed by atoms with Crippen LogP contribution in [0.1, 0.15) is 15.2 Å². The third-order valence-corrected chi connectivity index (χ3v) is 3.64. The van der Waals surface area contributed by atoms with E-state index in [1.54, 1.807) is 7.11 Å². The van der Waals surface area contributed by atoms with Gasteiger partial charge in [0.1, 0.15) is 28.5 Å². The molecular formula is C11H13N3O3S. The Labute approximate surface area is 108 Å². The fraction of sp³-hybridized carbons (Fsp3) is 0.364. The molecule has 6 nitrogen and oxygen atoms in total. The van der Waals surface area contributed by atoms with Crippen molar-refractivity contribution < 1.29 is 14.3 Å². The van der Waals surface area contributed by atoms with Crippen LogP contribution in [0.5, 0.6) is 0 Å². The first kappa shape index (κ1) is 12.7. The zero-order chi connectivity index (χ0) is 13.1. The fourth-order valence-electron chi connectivity index (χ4n) is 1.58. The Balaban J connectivity index is 2.31. The number of hydrogen-bond donors (Lipinski definition) is 1. The lowest BCUT2D eigenvalue weighted by Gasteiger charge is -2.02. The van der Waals surface area contributed by atoms with Crippen LogP contribution in [0, 0.1) is 6.92 Å². The highest BCUT2D eigenvalue weighted by molar-refractivity contribution is 7.20. The van der Waals surface area contributed by atoms with E-state index in [9.17, 15) is 4.79 Å². The molecule has 2 aromatic heterocycles. The van der Waals surface area contributed by atoms with E-state index < -0.39 is 0 Å². The van der Waals surface area contributed by atoms with E-state index in [0.29, 0.717) is 22.1 Å². The van der Waals surface area contributed by atoms with Crippen LogP contribution in [0.25, 0.3) is 10.2 Å². The van der Waals surface area contributed by atoms with Gasteiger partial charge in [-0.25, -0.2) is 14.8 Å². The lowest BCUT2D eigenvalue weighted by molar-refractivity contribution is 0.0393.